The summed E-state index contributed by atoms with van der Waals surface area (Å²) in [6, 6.07) is 8.70. The number of rotatable bonds is 6. The van der Waals surface area contributed by atoms with E-state index in [0.717, 1.165) is 0 Å². The predicted octanol–water partition coefficient (Wildman–Crippen LogP) is 2.19. The topological polar surface area (TPSA) is 62.1 Å². The second-order valence-electron chi connectivity index (χ2n) is 4.67. The van der Waals surface area contributed by atoms with Gasteiger partial charge in [0.25, 0.3) is 5.91 Å². The number of thioether (sulfide) groups is 1. The average molecular weight is 278 g/mol. The lowest BCUT2D eigenvalue weighted by Gasteiger charge is -2.22. The van der Waals surface area contributed by atoms with Crippen molar-refractivity contribution in [1.82, 2.24) is 5.32 Å². The monoisotopic (exact) mass is 278 g/mol. The summed E-state index contributed by atoms with van der Waals surface area (Å²) in [6.07, 6.45) is 2.01. The zero-order valence-corrected chi connectivity index (χ0v) is 12.2. The van der Waals surface area contributed by atoms with Gasteiger partial charge in [0.15, 0.2) is 6.61 Å². The molecule has 0 bridgehead atoms. The molecule has 0 aliphatic rings. The Bertz CT molecular complexity index is 463. The molecule has 1 aromatic rings. The van der Waals surface area contributed by atoms with Crippen molar-refractivity contribution in [1.29, 1.82) is 5.26 Å². The first kappa shape index (κ1) is 15.4. The maximum absolute atomic E-state index is 11.6. The van der Waals surface area contributed by atoms with Gasteiger partial charge in [-0.3, -0.25) is 4.79 Å². The number of benzene rings is 1. The Morgan fingerprint density at radius 1 is 1.42 bits per heavy atom. The van der Waals surface area contributed by atoms with E-state index in [1.807, 2.05) is 12.3 Å². The summed E-state index contributed by atoms with van der Waals surface area (Å²) in [5.74, 6) is 0.435. The highest BCUT2D eigenvalue weighted by Gasteiger charge is 2.16. The SMILES string of the molecule is CSC(C)(C)CNC(=O)COc1ccc(C#N)cc1. The van der Waals surface area contributed by atoms with Gasteiger partial charge in [-0.15, -0.1) is 0 Å². The first-order valence-electron chi connectivity index (χ1n) is 5.91. The number of nitriles is 1. The van der Waals surface area contributed by atoms with Crippen molar-refractivity contribution >= 4 is 17.7 Å². The Balaban J connectivity index is 2.36. The van der Waals surface area contributed by atoms with Crippen LogP contribution >= 0.6 is 11.8 Å². The summed E-state index contributed by atoms with van der Waals surface area (Å²) < 4.78 is 5.36. The Morgan fingerprint density at radius 3 is 2.58 bits per heavy atom. The summed E-state index contributed by atoms with van der Waals surface area (Å²) in [5.41, 5.74) is 0.568. The van der Waals surface area contributed by atoms with E-state index in [0.29, 0.717) is 17.9 Å². The summed E-state index contributed by atoms with van der Waals surface area (Å²) >= 11 is 1.70. The van der Waals surface area contributed by atoms with Gasteiger partial charge in [0.2, 0.25) is 0 Å². The molecular weight excluding hydrogens is 260 g/mol. The van der Waals surface area contributed by atoms with E-state index in [1.54, 1.807) is 36.0 Å². The van der Waals surface area contributed by atoms with Crippen LogP contribution in [0.5, 0.6) is 5.75 Å². The van der Waals surface area contributed by atoms with Gasteiger partial charge in [0.05, 0.1) is 11.6 Å². The number of carbonyl (C=O) groups excluding carboxylic acids is 1. The van der Waals surface area contributed by atoms with Crippen LogP contribution in [0.1, 0.15) is 19.4 Å². The van der Waals surface area contributed by atoms with Crippen molar-refractivity contribution in [2.24, 2.45) is 0 Å². The van der Waals surface area contributed by atoms with Gasteiger partial charge < -0.3 is 10.1 Å². The van der Waals surface area contributed by atoms with Gasteiger partial charge in [-0.1, -0.05) is 0 Å². The second-order valence-corrected chi connectivity index (χ2v) is 6.18. The van der Waals surface area contributed by atoms with Crippen molar-refractivity contribution in [2.75, 3.05) is 19.4 Å². The Labute approximate surface area is 118 Å². The minimum Gasteiger partial charge on any atom is -0.484 e. The molecule has 0 saturated carbocycles. The molecule has 1 aromatic carbocycles. The number of nitrogens with one attached hydrogen (secondary N) is 1. The number of hydrogen-bond acceptors (Lipinski definition) is 4. The van der Waals surface area contributed by atoms with E-state index < -0.39 is 0 Å². The average Bonchev–Trinajstić information content (AvgIpc) is 2.43. The second kappa shape index (κ2) is 7.05. The van der Waals surface area contributed by atoms with E-state index in [1.165, 1.54) is 0 Å². The van der Waals surface area contributed by atoms with Crippen LogP contribution in [0, 0.1) is 11.3 Å². The van der Waals surface area contributed by atoms with Crippen molar-refractivity contribution < 1.29 is 9.53 Å². The normalized spacial score (nSPS) is 10.6. The minimum absolute atomic E-state index is 0.0175. The molecule has 0 heterocycles. The third kappa shape index (κ3) is 5.66. The Morgan fingerprint density at radius 2 is 2.05 bits per heavy atom. The maximum atomic E-state index is 11.6. The molecular formula is C14H18N2O2S. The fraction of sp³-hybridized carbons (Fsp3) is 0.429. The number of amides is 1. The molecule has 5 heteroatoms. The summed E-state index contributed by atoms with van der Waals surface area (Å²) in [7, 11) is 0. The molecule has 0 aromatic heterocycles. The van der Waals surface area contributed by atoms with Crippen LogP contribution in [0.4, 0.5) is 0 Å². The van der Waals surface area contributed by atoms with E-state index in [2.05, 4.69) is 19.2 Å². The molecule has 0 aliphatic heterocycles. The summed E-state index contributed by atoms with van der Waals surface area (Å²) in [5, 5.41) is 11.5. The highest BCUT2D eigenvalue weighted by Crippen LogP contribution is 2.19. The van der Waals surface area contributed by atoms with Crippen LogP contribution in [0.3, 0.4) is 0 Å². The van der Waals surface area contributed by atoms with Crippen LogP contribution < -0.4 is 10.1 Å². The van der Waals surface area contributed by atoms with Gasteiger partial charge >= 0.3 is 0 Å². The molecule has 0 atom stereocenters. The lowest BCUT2D eigenvalue weighted by molar-refractivity contribution is -0.123. The molecule has 0 spiro atoms. The van der Waals surface area contributed by atoms with Crippen molar-refractivity contribution in [3.8, 4) is 11.8 Å². The summed E-state index contributed by atoms with van der Waals surface area (Å²) in [6.45, 7) is 4.72. The van der Waals surface area contributed by atoms with Crippen LogP contribution in [-0.2, 0) is 4.79 Å². The first-order chi connectivity index (χ1) is 8.96. The van der Waals surface area contributed by atoms with Crippen LogP contribution in [-0.4, -0.2) is 30.1 Å². The fourth-order valence-corrected chi connectivity index (χ4v) is 1.43. The van der Waals surface area contributed by atoms with Crippen molar-refractivity contribution in [2.45, 2.75) is 18.6 Å². The van der Waals surface area contributed by atoms with Crippen molar-refractivity contribution in [3.63, 3.8) is 0 Å². The van der Waals surface area contributed by atoms with Crippen molar-refractivity contribution in [3.05, 3.63) is 29.8 Å². The van der Waals surface area contributed by atoms with E-state index in [-0.39, 0.29) is 17.3 Å². The third-order valence-electron chi connectivity index (χ3n) is 2.62. The highest BCUT2D eigenvalue weighted by atomic mass is 32.2. The van der Waals surface area contributed by atoms with Crippen LogP contribution in [0.15, 0.2) is 24.3 Å². The predicted molar refractivity (Wildman–Crippen MR) is 77.3 cm³/mol. The molecule has 0 fully saturated rings. The van der Waals surface area contributed by atoms with E-state index >= 15 is 0 Å². The molecule has 1 amide bonds. The molecule has 0 radical (unpaired) electrons. The van der Waals surface area contributed by atoms with E-state index in [9.17, 15) is 4.79 Å². The molecule has 102 valence electrons. The van der Waals surface area contributed by atoms with Crippen LogP contribution in [0.2, 0.25) is 0 Å². The quantitative estimate of drug-likeness (QED) is 0.866. The molecule has 4 nitrogen and oxygen atoms in total. The van der Waals surface area contributed by atoms with Gasteiger partial charge in [-0.25, -0.2) is 0 Å². The highest BCUT2D eigenvalue weighted by molar-refractivity contribution is 7.99. The molecule has 19 heavy (non-hydrogen) atoms. The standard InChI is InChI=1S/C14H18N2O2S/c1-14(2,19-3)10-16-13(17)9-18-12-6-4-11(8-15)5-7-12/h4-7H,9-10H2,1-3H3,(H,16,17). The third-order valence-corrected chi connectivity index (χ3v) is 3.87. The zero-order chi connectivity index (χ0) is 14.3. The fourth-order valence-electron chi connectivity index (χ4n) is 1.21. The number of ether oxygens (including phenoxy) is 1. The van der Waals surface area contributed by atoms with Gasteiger partial charge in [-0.05, 0) is 44.4 Å². The molecule has 0 unspecified atom stereocenters. The zero-order valence-electron chi connectivity index (χ0n) is 11.4. The molecule has 1 N–H and O–H groups in total. The number of hydrogen-bond donors (Lipinski definition) is 1. The molecule has 1 rings (SSSR count). The Hall–Kier alpha value is -1.67. The Kier molecular flexibility index (Phi) is 5.71. The molecule has 0 saturated heterocycles. The molecule has 0 aliphatic carbocycles. The largest absolute Gasteiger partial charge is 0.484 e. The number of carbonyl (C=O) groups is 1. The van der Waals surface area contributed by atoms with Gasteiger partial charge in [0.1, 0.15) is 5.75 Å². The minimum atomic E-state index is -0.147. The number of nitrogens with zero attached hydrogens (tertiary/aromatic N) is 1. The lowest BCUT2D eigenvalue weighted by atomic mass is 10.2. The first-order valence-corrected chi connectivity index (χ1v) is 7.14. The van der Waals surface area contributed by atoms with Gasteiger partial charge in [0, 0.05) is 11.3 Å². The smallest absolute Gasteiger partial charge is 0.257 e. The summed E-state index contributed by atoms with van der Waals surface area (Å²) in [4.78, 5) is 11.6. The van der Waals surface area contributed by atoms with Gasteiger partial charge in [-0.2, -0.15) is 17.0 Å². The maximum Gasteiger partial charge on any atom is 0.257 e. The lowest BCUT2D eigenvalue weighted by Crippen LogP contribution is -2.38. The van der Waals surface area contributed by atoms with Crippen LogP contribution in [0.25, 0.3) is 0 Å². The van der Waals surface area contributed by atoms with E-state index in [4.69, 9.17) is 10.00 Å².